The number of hydrogen-bond acceptors (Lipinski definition) is 4. The average molecular weight is 307 g/mol. The van der Waals surface area contributed by atoms with Crippen molar-refractivity contribution in [2.45, 2.75) is 46.1 Å². The molecule has 0 bridgehead atoms. The van der Waals surface area contributed by atoms with Crippen LogP contribution in [0.4, 0.5) is 0 Å². The largest absolute Gasteiger partial charge is 0.484 e. The molecule has 0 saturated heterocycles. The van der Waals surface area contributed by atoms with E-state index in [4.69, 9.17) is 9.47 Å². The van der Waals surface area contributed by atoms with E-state index >= 15 is 0 Å². The van der Waals surface area contributed by atoms with E-state index < -0.39 is 12.0 Å². The van der Waals surface area contributed by atoms with Crippen molar-refractivity contribution < 1.29 is 19.1 Å². The summed E-state index contributed by atoms with van der Waals surface area (Å²) >= 11 is 0. The Bertz CT molecular complexity index is 493. The van der Waals surface area contributed by atoms with Crippen LogP contribution in [0.1, 0.15) is 37.3 Å². The maximum atomic E-state index is 11.9. The molecule has 122 valence electrons. The number of amides is 1. The summed E-state index contributed by atoms with van der Waals surface area (Å²) in [6.45, 7) is 5.85. The maximum absolute atomic E-state index is 11.9. The highest BCUT2D eigenvalue weighted by Gasteiger charge is 2.20. The first-order valence-corrected chi connectivity index (χ1v) is 7.54. The lowest BCUT2D eigenvalue weighted by Crippen LogP contribution is -2.43. The highest BCUT2D eigenvalue weighted by Crippen LogP contribution is 2.16. The van der Waals surface area contributed by atoms with E-state index in [2.05, 4.69) is 5.32 Å². The van der Waals surface area contributed by atoms with Gasteiger partial charge >= 0.3 is 5.97 Å². The fourth-order valence-corrected chi connectivity index (χ4v) is 2.20. The Hall–Kier alpha value is -2.04. The first kappa shape index (κ1) is 18.0. The number of hydrogen-bond donors (Lipinski definition) is 1. The second-order valence-electron chi connectivity index (χ2n) is 5.40. The molecule has 0 aliphatic heterocycles. The summed E-state index contributed by atoms with van der Waals surface area (Å²) in [7, 11) is 1.32. The Kier molecular flexibility index (Phi) is 7.43. The van der Waals surface area contributed by atoms with Crippen LogP contribution in [0.3, 0.4) is 0 Å². The third kappa shape index (κ3) is 6.16. The van der Waals surface area contributed by atoms with Gasteiger partial charge in [-0.1, -0.05) is 25.8 Å². The number of carbonyl (C=O) groups is 2. The van der Waals surface area contributed by atoms with Gasteiger partial charge in [-0.3, -0.25) is 4.79 Å². The van der Waals surface area contributed by atoms with E-state index in [9.17, 15) is 9.59 Å². The fourth-order valence-electron chi connectivity index (χ4n) is 2.20. The van der Waals surface area contributed by atoms with Crippen LogP contribution in [0.2, 0.25) is 0 Å². The lowest BCUT2D eigenvalue weighted by Gasteiger charge is -2.16. The molecule has 5 nitrogen and oxygen atoms in total. The van der Waals surface area contributed by atoms with Crippen molar-refractivity contribution >= 4 is 11.9 Å². The highest BCUT2D eigenvalue weighted by molar-refractivity contribution is 5.85. The predicted octanol–water partition coefficient (Wildman–Crippen LogP) is 2.53. The Morgan fingerprint density at radius 2 is 1.82 bits per heavy atom. The standard InChI is InChI=1S/C17H25NO4/c1-5-6-7-15(17(20)21-4)18-16(19)11-22-14-9-12(2)8-13(3)10-14/h8-10,15H,5-7,11H2,1-4H3,(H,18,19). The van der Waals surface area contributed by atoms with Crippen LogP contribution in [-0.2, 0) is 14.3 Å². The fraction of sp³-hybridized carbons (Fsp3) is 0.529. The van der Waals surface area contributed by atoms with Crippen LogP contribution in [0.15, 0.2) is 18.2 Å². The normalized spacial score (nSPS) is 11.6. The summed E-state index contributed by atoms with van der Waals surface area (Å²) in [6.07, 6.45) is 2.36. The van der Waals surface area contributed by atoms with Crippen LogP contribution in [0.25, 0.3) is 0 Å². The van der Waals surface area contributed by atoms with Gasteiger partial charge in [0, 0.05) is 0 Å². The van der Waals surface area contributed by atoms with E-state index in [0.717, 1.165) is 24.0 Å². The van der Waals surface area contributed by atoms with Crippen molar-refractivity contribution in [3.63, 3.8) is 0 Å². The zero-order valence-corrected chi connectivity index (χ0v) is 13.8. The number of benzene rings is 1. The maximum Gasteiger partial charge on any atom is 0.328 e. The molecular formula is C17H25NO4. The van der Waals surface area contributed by atoms with E-state index in [1.54, 1.807) is 0 Å². The molecule has 22 heavy (non-hydrogen) atoms. The SMILES string of the molecule is CCCCC(NC(=O)COc1cc(C)cc(C)c1)C(=O)OC. The molecule has 0 spiro atoms. The van der Waals surface area contributed by atoms with Crippen molar-refractivity contribution in [3.8, 4) is 5.75 Å². The van der Waals surface area contributed by atoms with Crippen molar-refractivity contribution in [2.75, 3.05) is 13.7 Å². The van der Waals surface area contributed by atoms with Crippen LogP contribution >= 0.6 is 0 Å². The second kappa shape index (κ2) is 9.07. The number of unbranched alkanes of at least 4 members (excludes halogenated alkanes) is 1. The molecule has 1 amide bonds. The summed E-state index contributed by atoms with van der Waals surface area (Å²) in [5.41, 5.74) is 2.15. The Morgan fingerprint density at radius 3 is 2.36 bits per heavy atom. The van der Waals surface area contributed by atoms with Gasteiger partial charge in [0.2, 0.25) is 0 Å². The topological polar surface area (TPSA) is 64.6 Å². The van der Waals surface area contributed by atoms with Crippen molar-refractivity contribution in [1.29, 1.82) is 0 Å². The number of carbonyl (C=O) groups excluding carboxylic acids is 2. The molecule has 0 saturated carbocycles. The van der Waals surface area contributed by atoms with Crippen LogP contribution < -0.4 is 10.1 Å². The predicted molar refractivity (Wildman–Crippen MR) is 84.9 cm³/mol. The third-order valence-corrected chi connectivity index (χ3v) is 3.23. The number of ether oxygens (including phenoxy) is 2. The third-order valence-electron chi connectivity index (χ3n) is 3.23. The smallest absolute Gasteiger partial charge is 0.328 e. The molecule has 0 aliphatic rings. The number of esters is 1. The van der Waals surface area contributed by atoms with Crippen LogP contribution in [-0.4, -0.2) is 31.6 Å². The van der Waals surface area contributed by atoms with E-state index in [1.165, 1.54) is 7.11 Å². The highest BCUT2D eigenvalue weighted by atomic mass is 16.5. The number of rotatable bonds is 8. The van der Waals surface area contributed by atoms with Crippen molar-refractivity contribution in [2.24, 2.45) is 0 Å². The minimum Gasteiger partial charge on any atom is -0.484 e. The monoisotopic (exact) mass is 307 g/mol. The average Bonchev–Trinajstić information content (AvgIpc) is 2.47. The quantitative estimate of drug-likeness (QED) is 0.750. The van der Waals surface area contributed by atoms with Crippen LogP contribution in [0.5, 0.6) is 5.75 Å². The first-order valence-electron chi connectivity index (χ1n) is 7.54. The zero-order chi connectivity index (χ0) is 16.5. The van der Waals surface area contributed by atoms with Gasteiger partial charge in [-0.25, -0.2) is 4.79 Å². The van der Waals surface area contributed by atoms with E-state index in [1.807, 2.05) is 39.0 Å². The Morgan fingerprint density at radius 1 is 1.18 bits per heavy atom. The second-order valence-corrected chi connectivity index (χ2v) is 5.40. The number of aryl methyl sites for hydroxylation is 2. The summed E-state index contributed by atoms with van der Waals surface area (Å²) in [6, 6.07) is 5.16. The Balaban J connectivity index is 2.54. The van der Waals surface area contributed by atoms with Crippen molar-refractivity contribution in [3.05, 3.63) is 29.3 Å². The lowest BCUT2D eigenvalue weighted by atomic mass is 10.1. The summed E-state index contributed by atoms with van der Waals surface area (Å²) in [5.74, 6) is -0.102. The Labute approximate surface area is 132 Å². The molecule has 0 radical (unpaired) electrons. The first-order chi connectivity index (χ1) is 10.5. The molecule has 1 N–H and O–H groups in total. The molecule has 0 heterocycles. The molecule has 1 rings (SSSR count). The van der Waals surface area contributed by atoms with Gasteiger partial charge in [-0.05, 0) is 43.5 Å². The molecule has 1 unspecified atom stereocenters. The molecule has 0 aromatic heterocycles. The summed E-state index contributed by atoms with van der Waals surface area (Å²) in [4.78, 5) is 23.6. The molecule has 0 fully saturated rings. The van der Waals surface area contributed by atoms with Crippen molar-refractivity contribution in [1.82, 2.24) is 5.32 Å². The summed E-state index contributed by atoms with van der Waals surface area (Å²) < 4.78 is 10.2. The molecule has 0 aliphatic carbocycles. The van der Waals surface area contributed by atoms with E-state index in [0.29, 0.717) is 12.2 Å². The van der Waals surface area contributed by atoms with Gasteiger partial charge in [-0.15, -0.1) is 0 Å². The lowest BCUT2D eigenvalue weighted by molar-refractivity contribution is -0.145. The zero-order valence-electron chi connectivity index (χ0n) is 13.8. The molecular weight excluding hydrogens is 282 g/mol. The molecule has 1 aromatic carbocycles. The van der Waals surface area contributed by atoms with Gasteiger partial charge in [0.15, 0.2) is 6.61 Å². The molecule has 5 heteroatoms. The van der Waals surface area contributed by atoms with Gasteiger partial charge < -0.3 is 14.8 Å². The molecule has 1 atom stereocenters. The molecule has 1 aromatic rings. The minimum atomic E-state index is -0.611. The van der Waals surface area contributed by atoms with E-state index in [-0.39, 0.29) is 12.5 Å². The number of nitrogens with one attached hydrogen (secondary N) is 1. The minimum absolute atomic E-state index is 0.123. The number of methoxy groups -OCH3 is 1. The van der Waals surface area contributed by atoms with Gasteiger partial charge in [-0.2, -0.15) is 0 Å². The summed E-state index contributed by atoms with van der Waals surface area (Å²) in [5, 5.41) is 2.66. The van der Waals surface area contributed by atoms with Gasteiger partial charge in [0.05, 0.1) is 7.11 Å². The van der Waals surface area contributed by atoms with Crippen LogP contribution in [0, 0.1) is 13.8 Å². The van der Waals surface area contributed by atoms with Gasteiger partial charge in [0.1, 0.15) is 11.8 Å². The van der Waals surface area contributed by atoms with Gasteiger partial charge in [0.25, 0.3) is 5.91 Å².